The fraction of sp³-hybridized carbons (Fsp3) is 0.650. The molecule has 1 fully saturated rings. The highest BCUT2D eigenvalue weighted by Crippen LogP contribution is 2.35. The fourth-order valence-electron chi connectivity index (χ4n) is 3.59. The molecular formula is C20H30N4O3S. The van der Waals surface area contributed by atoms with Crippen molar-refractivity contribution >= 4 is 33.3 Å². The number of hydrogen-bond acceptors (Lipinski definition) is 8. The standard InChI is InChI=1S/C20H30N4O3S/c1-5-27-20(25)17-14(3)16-18(21-13(2)12-26-4)22-15(23-19(16)28-17)11-24-9-7-6-8-10-24/h13H,5-12H2,1-4H3,(H,21,22,23)/t13-/m1/s1. The second-order valence-electron chi connectivity index (χ2n) is 7.28. The Kier molecular flexibility index (Phi) is 7.20. The normalized spacial score (nSPS) is 16.3. The lowest BCUT2D eigenvalue weighted by Gasteiger charge is -2.25. The van der Waals surface area contributed by atoms with Gasteiger partial charge in [-0.2, -0.15) is 0 Å². The van der Waals surface area contributed by atoms with E-state index < -0.39 is 0 Å². The average molecular weight is 407 g/mol. The first kappa shape index (κ1) is 21.0. The number of fused-ring (bicyclic) bond motifs is 1. The van der Waals surface area contributed by atoms with E-state index in [4.69, 9.17) is 19.4 Å². The maximum absolute atomic E-state index is 12.4. The SMILES string of the molecule is CCOC(=O)c1sc2nc(CN3CCCCC3)nc(N[C@H](C)COC)c2c1C. The Morgan fingerprint density at radius 3 is 2.71 bits per heavy atom. The van der Waals surface area contributed by atoms with Gasteiger partial charge in [0.05, 0.1) is 25.1 Å². The van der Waals surface area contributed by atoms with Gasteiger partial charge < -0.3 is 14.8 Å². The molecule has 2 aromatic heterocycles. The Balaban J connectivity index is 1.99. The molecule has 1 saturated heterocycles. The van der Waals surface area contributed by atoms with Crippen LogP contribution < -0.4 is 5.32 Å². The Hall–Kier alpha value is -1.77. The molecule has 3 heterocycles. The molecule has 28 heavy (non-hydrogen) atoms. The summed E-state index contributed by atoms with van der Waals surface area (Å²) in [6.45, 7) is 9.63. The van der Waals surface area contributed by atoms with Crippen molar-refractivity contribution in [1.82, 2.24) is 14.9 Å². The number of thiophene rings is 1. The summed E-state index contributed by atoms with van der Waals surface area (Å²) < 4.78 is 10.5. The largest absolute Gasteiger partial charge is 0.462 e. The molecule has 1 aliphatic rings. The molecule has 154 valence electrons. The number of aromatic nitrogens is 2. The minimum Gasteiger partial charge on any atom is -0.462 e. The van der Waals surface area contributed by atoms with Crippen molar-refractivity contribution in [2.24, 2.45) is 0 Å². The van der Waals surface area contributed by atoms with Gasteiger partial charge in [0.2, 0.25) is 0 Å². The van der Waals surface area contributed by atoms with Gasteiger partial charge in [0, 0.05) is 13.2 Å². The van der Waals surface area contributed by atoms with Crippen LogP contribution in [0.5, 0.6) is 0 Å². The van der Waals surface area contributed by atoms with Crippen LogP contribution >= 0.6 is 11.3 Å². The number of methoxy groups -OCH3 is 1. The van der Waals surface area contributed by atoms with Gasteiger partial charge in [0.25, 0.3) is 0 Å². The summed E-state index contributed by atoms with van der Waals surface area (Å²) in [4.78, 5) is 25.8. The van der Waals surface area contributed by atoms with Crippen LogP contribution in [-0.4, -0.2) is 60.3 Å². The molecule has 0 unspecified atom stereocenters. The topological polar surface area (TPSA) is 76.6 Å². The molecule has 3 rings (SSSR count). The van der Waals surface area contributed by atoms with Gasteiger partial charge >= 0.3 is 5.97 Å². The zero-order valence-electron chi connectivity index (χ0n) is 17.2. The summed E-state index contributed by atoms with van der Waals surface area (Å²) in [7, 11) is 1.68. The zero-order chi connectivity index (χ0) is 20.1. The van der Waals surface area contributed by atoms with Crippen LogP contribution in [-0.2, 0) is 16.0 Å². The number of hydrogen-bond donors (Lipinski definition) is 1. The molecule has 0 saturated carbocycles. The quantitative estimate of drug-likeness (QED) is 0.671. The highest BCUT2D eigenvalue weighted by atomic mass is 32.1. The highest BCUT2D eigenvalue weighted by molar-refractivity contribution is 7.20. The lowest BCUT2D eigenvalue weighted by atomic mass is 10.1. The van der Waals surface area contributed by atoms with E-state index in [9.17, 15) is 4.79 Å². The van der Waals surface area contributed by atoms with Crippen molar-refractivity contribution in [3.63, 3.8) is 0 Å². The van der Waals surface area contributed by atoms with Gasteiger partial charge in [0.1, 0.15) is 21.3 Å². The lowest BCUT2D eigenvalue weighted by molar-refractivity contribution is 0.0531. The lowest BCUT2D eigenvalue weighted by Crippen LogP contribution is -2.30. The van der Waals surface area contributed by atoms with E-state index in [1.54, 1.807) is 7.11 Å². The first-order valence-corrected chi connectivity index (χ1v) is 10.8. The Morgan fingerprint density at radius 1 is 1.29 bits per heavy atom. The fourth-order valence-corrected chi connectivity index (χ4v) is 4.69. The van der Waals surface area contributed by atoms with Gasteiger partial charge in [-0.3, -0.25) is 4.90 Å². The van der Waals surface area contributed by atoms with Crippen LogP contribution in [0.15, 0.2) is 0 Å². The molecule has 2 aromatic rings. The first-order chi connectivity index (χ1) is 13.5. The zero-order valence-corrected chi connectivity index (χ0v) is 18.0. The van der Waals surface area contributed by atoms with Gasteiger partial charge in [-0.05, 0) is 52.3 Å². The summed E-state index contributed by atoms with van der Waals surface area (Å²) >= 11 is 1.39. The number of nitrogens with one attached hydrogen (secondary N) is 1. The predicted molar refractivity (Wildman–Crippen MR) is 112 cm³/mol. The van der Waals surface area contributed by atoms with Crippen LogP contribution in [0.3, 0.4) is 0 Å². The predicted octanol–water partition coefficient (Wildman–Crippen LogP) is 3.61. The molecule has 0 bridgehead atoms. The van der Waals surface area contributed by atoms with Crippen molar-refractivity contribution in [1.29, 1.82) is 0 Å². The third kappa shape index (κ3) is 4.79. The van der Waals surface area contributed by atoms with Crippen LogP contribution in [0.2, 0.25) is 0 Å². The Labute approximate surface area is 170 Å². The van der Waals surface area contributed by atoms with Gasteiger partial charge in [0.15, 0.2) is 0 Å². The number of anilines is 1. The van der Waals surface area contributed by atoms with Crippen molar-refractivity contribution in [2.45, 2.75) is 52.6 Å². The molecular weight excluding hydrogens is 376 g/mol. The minimum atomic E-state index is -0.295. The third-order valence-corrected chi connectivity index (χ3v) is 6.08. The summed E-state index contributed by atoms with van der Waals surface area (Å²) in [6, 6.07) is 0.0938. The summed E-state index contributed by atoms with van der Waals surface area (Å²) in [5.74, 6) is 1.26. The summed E-state index contributed by atoms with van der Waals surface area (Å²) in [6.07, 6.45) is 3.75. The van der Waals surface area contributed by atoms with Crippen molar-refractivity contribution in [2.75, 3.05) is 38.7 Å². The number of ether oxygens (including phenoxy) is 2. The first-order valence-electron chi connectivity index (χ1n) is 9.98. The average Bonchev–Trinajstić information content (AvgIpc) is 3.00. The number of rotatable bonds is 8. The van der Waals surface area contributed by atoms with Crippen LogP contribution in [0.25, 0.3) is 10.2 Å². The van der Waals surface area contributed by atoms with Crippen LogP contribution in [0.4, 0.5) is 5.82 Å². The second kappa shape index (κ2) is 9.62. The number of likely N-dealkylation sites (tertiary alicyclic amines) is 1. The van der Waals surface area contributed by atoms with Crippen LogP contribution in [0, 0.1) is 6.92 Å². The molecule has 1 N–H and O–H groups in total. The van der Waals surface area contributed by atoms with Crippen molar-refractivity contribution in [3.8, 4) is 0 Å². The third-order valence-electron chi connectivity index (χ3n) is 4.91. The van der Waals surface area contributed by atoms with Gasteiger partial charge in [-0.25, -0.2) is 14.8 Å². The molecule has 0 amide bonds. The van der Waals surface area contributed by atoms with E-state index in [0.717, 1.165) is 47.1 Å². The van der Waals surface area contributed by atoms with E-state index in [0.29, 0.717) is 18.1 Å². The Morgan fingerprint density at radius 2 is 2.04 bits per heavy atom. The van der Waals surface area contributed by atoms with Crippen molar-refractivity contribution < 1.29 is 14.3 Å². The van der Waals surface area contributed by atoms with Gasteiger partial charge in [-0.15, -0.1) is 11.3 Å². The minimum absolute atomic E-state index is 0.0938. The maximum Gasteiger partial charge on any atom is 0.348 e. The molecule has 0 radical (unpaired) electrons. The molecule has 7 nitrogen and oxygen atoms in total. The molecule has 8 heteroatoms. The smallest absolute Gasteiger partial charge is 0.348 e. The van der Waals surface area contributed by atoms with E-state index >= 15 is 0 Å². The number of carbonyl (C=O) groups excluding carboxylic acids is 1. The van der Waals surface area contributed by atoms with E-state index in [1.807, 2.05) is 13.8 Å². The van der Waals surface area contributed by atoms with Crippen molar-refractivity contribution in [3.05, 3.63) is 16.3 Å². The number of carbonyl (C=O) groups is 1. The Bertz CT molecular complexity index is 817. The number of nitrogens with zero attached hydrogens (tertiary/aromatic N) is 3. The van der Waals surface area contributed by atoms with E-state index in [2.05, 4.69) is 17.1 Å². The number of aryl methyl sites for hydroxylation is 1. The molecule has 0 aromatic carbocycles. The summed E-state index contributed by atoms with van der Waals surface area (Å²) in [5, 5.41) is 4.35. The number of esters is 1. The molecule has 0 aliphatic carbocycles. The molecule has 0 spiro atoms. The molecule has 1 atom stereocenters. The van der Waals surface area contributed by atoms with E-state index in [-0.39, 0.29) is 12.0 Å². The molecule has 1 aliphatic heterocycles. The maximum atomic E-state index is 12.4. The number of piperidine rings is 1. The van der Waals surface area contributed by atoms with Crippen LogP contribution in [0.1, 0.15) is 54.2 Å². The second-order valence-corrected chi connectivity index (χ2v) is 8.28. The van der Waals surface area contributed by atoms with E-state index in [1.165, 1.54) is 30.6 Å². The highest BCUT2D eigenvalue weighted by Gasteiger charge is 2.23. The summed E-state index contributed by atoms with van der Waals surface area (Å²) in [5.41, 5.74) is 0.870. The monoisotopic (exact) mass is 406 g/mol. The van der Waals surface area contributed by atoms with Gasteiger partial charge in [-0.1, -0.05) is 6.42 Å².